The number of fused-ring (bicyclic) bond motifs is 3. The molecular formula is C25H24O2P+. The van der Waals surface area contributed by atoms with E-state index in [0.717, 1.165) is 33.5 Å². The molecule has 1 heterocycles. The molecule has 0 amide bonds. The van der Waals surface area contributed by atoms with Crippen LogP contribution in [0.4, 0.5) is 0 Å². The summed E-state index contributed by atoms with van der Waals surface area (Å²) in [5.41, 5.74) is 4.54. The Morgan fingerprint density at radius 2 is 1.61 bits per heavy atom. The predicted molar refractivity (Wildman–Crippen MR) is 116 cm³/mol. The molecule has 1 aliphatic rings. The highest BCUT2D eigenvalue weighted by molar-refractivity contribution is 7.37. The van der Waals surface area contributed by atoms with Crippen molar-refractivity contribution in [2.24, 2.45) is 0 Å². The third kappa shape index (κ3) is 3.27. The monoisotopic (exact) mass is 387 g/mol. The summed E-state index contributed by atoms with van der Waals surface area (Å²) < 4.78 is 18.9. The maximum atomic E-state index is 13.1. The molecule has 140 valence electrons. The molecule has 3 aromatic carbocycles. The summed E-state index contributed by atoms with van der Waals surface area (Å²) in [7, 11) is -1.89. The van der Waals surface area contributed by atoms with E-state index >= 15 is 0 Å². The number of benzene rings is 3. The van der Waals surface area contributed by atoms with Crippen LogP contribution in [0.25, 0.3) is 21.5 Å². The molecule has 0 spiro atoms. The third-order valence-electron chi connectivity index (χ3n) is 6.07. The van der Waals surface area contributed by atoms with Crippen LogP contribution in [0.5, 0.6) is 0 Å². The van der Waals surface area contributed by atoms with Gasteiger partial charge >= 0.3 is 7.65 Å². The fourth-order valence-electron chi connectivity index (χ4n) is 4.67. The Bertz CT molecular complexity index is 1190. The Morgan fingerprint density at radius 1 is 0.857 bits per heavy atom. The van der Waals surface area contributed by atoms with Crippen LogP contribution in [0.15, 0.2) is 70.9 Å². The van der Waals surface area contributed by atoms with Crippen LogP contribution in [0.1, 0.15) is 54.7 Å². The van der Waals surface area contributed by atoms with Gasteiger partial charge in [0.25, 0.3) is 0 Å². The topological polar surface area (TPSA) is 30.2 Å². The molecule has 1 unspecified atom stereocenters. The van der Waals surface area contributed by atoms with Gasteiger partial charge in [-0.2, -0.15) is 0 Å². The lowest BCUT2D eigenvalue weighted by Gasteiger charge is -2.22. The molecule has 1 saturated carbocycles. The molecule has 1 aliphatic carbocycles. The van der Waals surface area contributed by atoms with Crippen molar-refractivity contribution in [3.63, 3.8) is 0 Å². The van der Waals surface area contributed by atoms with Gasteiger partial charge in [-0.05, 0) is 46.6 Å². The van der Waals surface area contributed by atoms with Crippen LogP contribution in [0.3, 0.4) is 0 Å². The van der Waals surface area contributed by atoms with Crippen LogP contribution in [-0.4, -0.2) is 0 Å². The van der Waals surface area contributed by atoms with Gasteiger partial charge in [-0.25, -0.2) is 4.20 Å². The van der Waals surface area contributed by atoms with Gasteiger partial charge in [0.1, 0.15) is 0 Å². The second kappa shape index (κ2) is 7.53. The standard InChI is InChI=1S/C25H24O2P/c26-28-25-21(15-18-9-3-1-4-10-18)16-20(19-11-5-2-6-12-19)17-23(25)22-13-7-8-14-24(22)27-28/h1,3-4,7-10,13-14,16-17,19H,2,5-6,11-12,15H2/q+1. The van der Waals surface area contributed by atoms with Crippen molar-refractivity contribution in [2.75, 3.05) is 0 Å². The van der Waals surface area contributed by atoms with Gasteiger partial charge in [0.2, 0.25) is 5.12 Å². The molecule has 28 heavy (non-hydrogen) atoms. The minimum atomic E-state index is -1.89. The number of para-hydroxylation sites is 1. The van der Waals surface area contributed by atoms with Gasteiger partial charge in [0.15, 0.2) is 5.58 Å². The summed E-state index contributed by atoms with van der Waals surface area (Å²) in [6, 6.07) is 23.1. The first-order valence-electron chi connectivity index (χ1n) is 10.2. The predicted octanol–water partition coefficient (Wildman–Crippen LogP) is 7.97. The molecule has 0 saturated heterocycles. The minimum absolute atomic E-state index is 0.612. The van der Waals surface area contributed by atoms with Crippen LogP contribution >= 0.6 is 7.65 Å². The molecule has 1 atom stereocenters. The largest absolute Gasteiger partial charge is 0.598 e. The summed E-state index contributed by atoms with van der Waals surface area (Å²) in [5.74, 6) is 0.612. The SMILES string of the molecule is O=[p+]1oc2ccccc2c2cc(C3CCCCC3)cc(Cc3ccccc3)c21. The molecule has 0 N–H and O–H groups in total. The molecule has 3 heteroatoms. The highest BCUT2D eigenvalue weighted by Gasteiger charge is 2.24. The number of rotatable bonds is 3. The third-order valence-corrected chi connectivity index (χ3v) is 7.32. The van der Waals surface area contributed by atoms with Crippen molar-refractivity contribution in [3.8, 4) is 0 Å². The zero-order chi connectivity index (χ0) is 18.9. The van der Waals surface area contributed by atoms with Gasteiger partial charge < -0.3 is 0 Å². The molecule has 0 bridgehead atoms. The summed E-state index contributed by atoms with van der Waals surface area (Å²) in [4.78, 5) is 0. The van der Waals surface area contributed by atoms with Crippen molar-refractivity contribution in [1.82, 2.24) is 0 Å². The summed E-state index contributed by atoms with van der Waals surface area (Å²) in [6.07, 6.45) is 7.27. The molecule has 1 aromatic heterocycles. The Labute approximate surface area is 166 Å². The van der Waals surface area contributed by atoms with Crippen molar-refractivity contribution >= 4 is 29.1 Å². The molecule has 5 rings (SSSR count). The average Bonchev–Trinajstić information content (AvgIpc) is 2.75. The smallest absolute Gasteiger partial charge is 0.250 e. The molecular weight excluding hydrogens is 363 g/mol. The van der Waals surface area contributed by atoms with Gasteiger partial charge in [-0.1, -0.05) is 73.9 Å². The minimum Gasteiger partial charge on any atom is -0.250 e. The molecule has 0 aliphatic heterocycles. The lowest BCUT2D eigenvalue weighted by molar-refractivity contribution is 0.444. The molecule has 0 radical (unpaired) electrons. The van der Waals surface area contributed by atoms with E-state index in [1.54, 1.807) is 0 Å². The summed E-state index contributed by atoms with van der Waals surface area (Å²) in [5, 5.41) is 3.06. The lowest BCUT2D eigenvalue weighted by Crippen LogP contribution is -2.05. The summed E-state index contributed by atoms with van der Waals surface area (Å²) in [6.45, 7) is 0. The van der Waals surface area contributed by atoms with Crippen LogP contribution in [0, 0.1) is 0 Å². The van der Waals surface area contributed by atoms with Crippen molar-refractivity contribution in [1.29, 1.82) is 0 Å². The fourth-order valence-corrected chi connectivity index (χ4v) is 5.85. The van der Waals surface area contributed by atoms with Crippen LogP contribution in [0.2, 0.25) is 0 Å². The van der Waals surface area contributed by atoms with Crippen molar-refractivity contribution in [2.45, 2.75) is 44.4 Å². The summed E-state index contributed by atoms with van der Waals surface area (Å²) >= 11 is 0. The van der Waals surface area contributed by atoms with Crippen molar-refractivity contribution < 1.29 is 8.76 Å². The number of hydrogen-bond acceptors (Lipinski definition) is 2. The maximum Gasteiger partial charge on any atom is 0.598 e. The van der Waals surface area contributed by atoms with Crippen molar-refractivity contribution in [3.05, 3.63) is 83.4 Å². The van der Waals surface area contributed by atoms with E-state index < -0.39 is 7.65 Å². The van der Waals surface area contributed by atoms with Gasteiger partial charge in [-0.15, -0.1) is 0 Å². The molecule has 4 aromatic rings. The highest BCUT2D eigenvalue weighted by atomic mass is 31.1. The van der Waals surface area contributed by atoms with E-state index in [2.05, 4.69) is 42.5 Å². The average molecular weight is 387 g/mol. The van der Waals surface area contributed by atoms with E-state index in [-0.39, 0.29) is 0 Å². The van der Waals surface area contributed by atoms with E-state index in [1.165, 1.54) is 43.2 Å². The Morgan fingerprint density at radius 3 is 2.43 bits per heavy atom. The quantitative estimate of drug-likeness (QED) is 0.334. The van der Waals surface area contributed by atoms with E-state index in [0.29, 0.717) is 5.92 Å². The zero-order valence-electron chi connectivity index (χ0n) is 15.9. The van der Waals surface area contributed by atoms with Crippen LogP contribution in [-0.2, 0) is 11.0 Å². The second-order valence-corrected chi connectivity index (χ2v) is 9.06. The fraction of sp³-hybridized carbons (Fsp3) is 0.280. The first kappa shape index (κ1) is 17.6. The molecule has 1 fully saturated rings. The highest BCUT2D eigenvalue weighted by Crippen LogP contribution is 2.42. The first-order valence-corrected chi connectivity index (χ1v) is 11.4. The lowest BCUT2D eigenvalue weighted by atomic mass is 9.82. The number of hydrogen-bond donors (Lipinski definition) is 0. The first-order chi connectivity index (χ1) is 13.8. The molecule has 2 nitrogen and oxygen atoms in total. The Kier molecular flexibility index (Phi) is 4.74. The maximum absolute atomic E-state index is 13.1. The van der Waals surface area contributed by atoms with Gasteiger partial charge in [-0.3, -0.25) is 0 Å². The van der Waals surface area contributed by atoms with E-state index in [9.17, 15) is 4.57 Å². The second-order valence-electron chi connectivity index (χ2n) is 7.92. The Hall–Kier alpha value is -2.44. The Balaban J connectivity index is 1.77. The normalized spacial score (nSPS) is 15.9. The van der Waals surface area contributed by atoms with Gasteiger partial charge in [0, 0.05) is 22.8 Å². The zero-order valence-corrected chi connectivity index (χ0v) is 16.8. The van der Waals surface area contributed by atoms with E-state index in [1.807, 2.05) is 24.3 Å². The van der Waals surface area contributed by atoms with E-state index in [4.69, 9.17) is 4.20 Å². The van der Waals surface area contributed by atoms with Crippen LogP contribution < -0.4 is 0 Å². The van der Waals surface area contributed by atoms with Gasteiger partial charge in [0.05, 0.1) is 0 Å².